The largest absolute Gasteiger partial charge is 0.461 e. The first kappa shape index (κ1) is 33.4. The molecule has 0 saturated heterocycles. The number of benzene rings is 1. The van der Waals surface area contributed by atoms with Crippen LogP contribution in [0.15, 0.2) is 48.8 Å². The van der Waals surface area contributed by atoms with Gasteiger partial charge in [-0.1, -0.05) is 24.3 Å². The van der Waals surface area contributed by atoms with Gasteiger partial charge in [0, 0.05) is 25.4 Å². The smallest absolute Gasteiger partial charge is 0.407 e. The van der Waals surface area contributed by atoms with Crippen molar-refractivity contribution in [3.63, 3.8) is 0 Å². The van der Waals surface area contributed by atoms with E-state index in [1.54, 1.807) is 57.4 Å². The number of nitrogens with one attached hydrogen (secondary N) is 2. The first-order valence-electron chi connectivity index (χ1n) is 13.2. The molecule has 2 N–H and O–H groups in total. The van der Waals surface area contributed by atoms with Crippen molar-refractivity contribution in [2.24, 2.45) is 0 Å². The van der Waals surface area contributed by atoms with E-state index in [1.807, 2.05) is 12.1 Å². The molecule has 1 unspecified atom stereocenters. The summed E-state index contributed by atoms with van der Waals surface area (Å²) in [6, 6.07) is 10.3. The van der Waals surface area contributed by atoms with E-state index in [0.29, 0.717) is 16.1 Å². The van der Waals surface area contributed by atoms with Crippen molar-refractivity contribution >= 4 is 44.4 Å². The van der Waals surface area contributed by atoms with E-state index >= 15 is 0 Å². The summed E-state index contributed by atoms with van der Waals surface area (Å²) in [5.41, 5.74) is 0.421. The monoisotopic (exact) mass is 633 g/mol. The Bertz CT molecular complexity index is 1440. The number of amides is 2. The number of fused-ring (bicyclic) bond motifs is 1. The van der Waals surface area contributed by atoms with Crippen LogP contribution in [0.5, 0.6) is 0 Å². The molecule has 44 heavy (non-hydrogen) atoms. The lowest BCUT2D eigenvalue weighted by Gasteiger charge is -2.22. The standard InChI is InChI=1S/C27H31N5O11S/c1-27(2,3)42-26(35)29-13-21(25(34)30-23-12-19-10-11-28-14-22(19)44-23)18-6-4-17(5-7-18)15-40-24(33)9-8-20(43-32(38)39)16-41-31(36)37/h4-7,10-12,14,20-21H,8-9,13,15-16H2,1-3H3,(H,29,35)(H,30,34)/t20?,21-/m1/s1. The van der Waals surface area contributed by atoms with Crippen LogP contribution in [0, 0.1) is 20.2 Å². The molecule has 2 aromatic heterocycles. The van der Waals surface area contributed by atoms with Crippen LogP contribution in [0.3, 0.4) is 0 Å². The first-order chi connectivity index (χ1) is 20.8. The number of alkyl carbamates (subject to hydrolysis) is 1. The fraction of sp³-hybridized carbons (Fsp3) is 0.407. The Balaban J connectivity index is 1.63. The number of anilines is 1. The quantitative estimate of drug-likeness (QED) is 0.137. The molecule has 3 aromatic rings. The second-order valence-corrected chi connectivity index (χ2v) is 11.4. The van der Waals surface area contributed by atoms with Gasteiger partial charge in [-0.25, -0.2) is 4.79 Å². The van der Waals surface area contributed by atoms with Crippen molar-refractivity contribution in [2.45, 2.75) is 57.8 Å². The summed E-state index contributed by atoms with van der Waals surface area (Å²) in [5.74, 6) is -1.89. The summed E-state index contributed by atoms with van der Waals surface area (Å²) in [5, 5.41) is 25.7. The molecule has 0 aliphatic carbocycles. The number of nitrogens with zero attached hydrogens (tertiary/aromatic N) is 3. The molecular formula is C27H31N5O11S. The highest BCUT2D eigenvalue weighted by Gasteiger charge is 2.24. The van der Waals surface area contributed by atoms with Crippen LogP contribution >= 0.6 is 11.3 Å². The number of esters is 1. The topological polar surface area (TPSA) is 211 Å². The van der Waals surface area contributed by atoms with E-state index < -0.39 is 46.5 Å². The van der Waals surface area contributed by atoms with Gasteiger partial charge in [0.1, 0.15) is 24.9 Å². The third-order valence-corrected chi connectivity index (χ3v) is 6.79. The van der Waals surface area contributed by atoms with Gasteiger partial charge in [0.05, 0.1) is 15.6 Å². The van der Waals surface area contributed by atoms with Crippen LogP contribution in [-0.2, 0) is 35.3 Å². The number of carbonyl (C=O) groups is 3. The van der Waals surface area contributed by atoms with Crippen molar-refractivity contribution in [3.8, 4) is 0 Å². The fourth-order valence-electron chi connectivity index (χ4n) is 3.81. The highest BCUT2D eigenvalue weighted by Crippen LogP contribution is 2.30. The van der Waals surface area contributed by atoms with E-state index in [-0.39, 0.29) is 31.9 Å². The highest BCUT2D eigenvalue weighted by molar-refractivity contribution is 7.22. The van der Waals surface area contributed by atoms with Crippen molar-refractivity contribution in [1.82, 2.24) is 10.3 Å². The minimum absolute atomic E-state index is 0.0604. The lowest BCUT2D eigenvalue weighted by atomic mass is 9.97. The summed E-state index contributed by atoms with van der Waals surface area (Å²) in [6.07, 6.45) is 0.787. The second kappa shape index (κ2) is 15.4. The van der Waals surface area contributed by atoms with Gasteiger partial charge in [0.25, 0.3) is 10.2 Å². The number of thiophene rings is 1. The van der Waals surface area contributed by atoms with Gasteiger partial charge in [0.2, 0.25) is 5.91 Å². The van der Waals surface area contributed by atoms with Gasteiger partial charge < -0.3 is 29.8 Å². The lowest BCUT2D eigenvalue weighted by Crippen LogP contribution is -2.37. The molecule has 16 nitrogen and oxygen atoms in total. The zero-order valence-electron chi connectivity index (χ0n) is 24.0. The van der Waals surface area contributed by atoms with Gasteiger partial charge in [-0.3, -0.25) is 14.6 Å². The zero-order chi connectivity index (χ0) is 32.3. The number of hydrogen-bond donors (Lipinski definition) is 2. The Labute approximate surface area is 254 Å². The van der Waals surface area contributed by atoms with Crippen LogP contribution in [0.25, 0.3) is 10.1 Å². The van der Waals surface area contributed by atoms with Crippen molar-refractivity contribution in [3.05, 3.63) is 80.1 Å². The van der Waals surface area contributed by atoms with Crippen LogP contribution in [-0.4, -0.2) is 58.0 Å². The SMILES string of the molecule is CC(C)(C)OC(=O)NC[C@@H](C(=O)Nc1cc2ccncc2s1)c1ccc(COC(=O)CCC(CO[N+](=O)[O-])O[N+](=O)[O-])cc1. The maximum Gasteiger partial charge on any atom is 0.407 e. The van der Waals surface area contributed by atoms with Gasteiger partial charge in [-0.2, -0.15) is 0 Å². The second-order valence-electron chi connectivity index (χ2n) is 10.4. The first-order valence-corrected chi connectivity index (χ1v) is 14.0. The number of aromatic nitrogens is 1. The third-order valence-electron chi connectivity index (χ3n) is 5.79. The molecule has 236 valence electrons. The van der Waals surface area contributed by atoms with Gasteiger partial charge in [-0.15, -0.1) is 31.6 Å². The Morgan fingerprint density at radius 1 is 1.07 bits per heavy atom. The summed E-state index contributed by atoms with van der Waals surface area (Å²) < 4.78 is 11.4. The molecule has 1 aromatic carbocycles. The molecule has 0 spiro atoms. The molecule has 0 fully saturated rings. The maximum absolute atomic E-state index is 13.4. The molecule has 2 heterocycles. The van der Waals surface area contributed by atoms with E-state index in [9.17, 15) is 34.6 Å². The summed E-state index contributed by atoms with van der Waals surface area (Å²) in [6.45, 7) is 4.25. The molecular weight excluding hydrogens is 602 g/mol. The molecule has 0 bridgehead atoms. The number of rotatable bonds is 15. The molecule has 0 aliphatic heterocycles. The molecule has 2 atom stereocenters. The Morgan fingerprint density at radius 3 is 2.43 bits per heavy atom. The summed E-state index contributed by atoms with van der Waals surface area (Å²) >= 11 is 1.36. The summed E-state index contributed by atoms with van der Waals surface area (Å²) in [7, 11) is 0. The van der Waals surface area contributed by atoms with Crippen LogP contribution in [0.1, 0.15) is 50.7 Å². The Hall–Kier alpha value is -5.06. The molecule has 2 amide bonds. The van der Waals surface area contributed by atoms with E-state index in [4.69, 9.17) is 9.47 Å². The molecule has 0 radical (unpaired) electrons. The zero-order valence-corrected chi connectivity index (χ0v) is 24.9. The maximum atomic E-state index is 13.4. The number of hydrogen-bond acceptors (Lipinski definition) is 13. The normalized spacial score (nSPS) is 12.4. The lowest BCUT2D eigenvalue weighted by molar-refractivity contribution is -0.790. The average Bonchev–Trinajstić information content (AvgIpc) is 3.35. The van der Waals surface area contributed by atoms with E-state index in [2.05, 4.69) is 25.3 Å². The number of ether oxygens (including phenoxy) is 2. The van der Waals surface area contributed by atoms with Crippen molar-refractivity contribution < 1.29 is 43.7 Å². The predicted octanol–water partition coefficient (Wildman–Crippen LogP) is 4.15. The summed E-state index contributed by atoms with van der Waals surface area (Å²) in [4.78, 5) is 71.3. The van der Waals surface area contributed by atoms with Crippen molar-refractivity contribution in [1.29, 1.82) is 0 Å². The van der Waals surface area contributed by atoms with E-state index in [0.717, 1.165) is 10.1 Å². The minimum Gasteiger partial charge on any atom is -0.461 e. The average molecular weight is 634 g/mol. The third kappa shape index (κ3) is 11.3. The van der Waals surface area contributed by atoms with Gasteiger partial charge >= 0.3 is 12.1 Å². The minimum atomic E-state index is -1.33. The Morgan fingerprint density at radius 2 is 1.80 bits per heavy atom. The number of pyridine rings is 1. The Kier molecular flexibility index (Phi) is 11.7. The van der Waals surface area contributed by atoms with Crippen LogP contribution in [0.4, 0.5) is 9.80 Å². The molecule has 0 aliphatic rings. The predicted molar refractivity (Wildman–Crippen MR) is 156 cm³/mol. The highest BCUT2D eigenvalue weighted by atomic mass is 32.1. The molecule has 17 heteroatoms. The van der Waals surface area contributed by atoms with Gasteiger partial charge in [-0.05, 0) is 55.8 Å². The van der Waals surface area contributed by atoms with E-state index in [1.165, 1.54) is 11.3 Å². The van der Waals surface area contributed by atoms with Crippen LogP contribution in [0.2, 0.25) is 0 Å². The fourth-order valence-corrected chi connectivity index (χ4v) is 4.74. The van der Waals surface area contributed by atoms with Crippen LogP contribution < -0.4 is 10.6 Å². The number of carbonyl (C=O) groups excluding carboxylic acids is 3. The molecule has 3 rings (SSSR count). The molecule has 0 saturated carbocycles. The van der Waals surface area contributed by atoms with Crippen molar-refractivity contribution in [2.75, 3.05) is 18.5 Å². The van der Waals surface area contributed by atoms with Gasteiger partial charge in [0.15, 0.2) is 0 Å².